The maximum absolute atomic E-state index is 12.9. The van der Waals surface area contributed by atoms with E-state index in [1.807, 2.05) is 0 Å². The Bertz CT molecular complexity index is 781. The maximum atomic E-state index is 12.9. The predicted molar refractivity (Wildman–Crippen MR) is 115 cm³/mol. The molecule has 4 saturated carbocycles. The molecule has 30 heavy (non-hydrogen) atoms. The number of carbonyl (C=O) groups is 2. The Morgan fingerprint density at radius 2 is 1.73 bits per heavy atom. The van der Waals surface area contributed by atoms with Gasteiger partial charge < -0.3 is 20.5 Å². The summed E-state index contributed by atoms with van der Waals surface area (Å²) in [6.07, 6.45) is 5.80. The van der Waals surface area contributed by atoms with Gasteiger partial charge in [0.1, 0.15) is 23.5 Å². The van der Waals surface area contributed by atoms with Crippen molar-refractivity contribution >= 4 is 35.0 Å². The standard InChI is InChI=1S/C22H28Cl2N2O4/c23-17-2-1-3-18(20(17)24)30-12-16(27)10-25-19(28)11-26-21(29)22-7-13-4-14(8-22)6-15(5-13)9-22/h1-3,13-16,27H,4-12H2,(H,25,28)(H,26,29). The van der Waals surface area contributed by atoms with Crippen LogP contribution in [-0.4, -0.2) is 42.7 Å². The molecule has 3 N–H and O–H groups in total. The van der Waals surface area contributed by atoms with E-state index in [9.17, 15) is 14.7 Å². The molecule has 0 aliphatic heterocycles. The molecular weight excluding hydrogens is 427 g/mol. The third-order valence-corrected chi connectivity index (χ3v) is 7.61. The van der Waals surface area contributed by atoms with Gasteiger partial charge in [0, 0.05) is 12.0 Å². The van der Waals surface area contributed by atoms with Gasteiger partial charge >= 0.3 is 0 Å². The molecule has 1 unspecified atom stereocenters. The van der Waals surface area contributed by atoms with E-state index < -0.39 is 6.10 Å². The third-order valence-electron chi connectivity index (χ3n) is 6.81. The van der Waals surface area contributed by atoms with Crippen molar-refractivity contribution in [3.8, 4) is 5.75 Å². The zero-order chi connectivity index (χ0) is 21.3. The van der Waals surface area contributed by atoms with Gasteiger partial charge in [0.25, 0.3) is 0 Å². The Labute approximate surface area is 186 Å². The van der Waals surface area contributed by atoms with Crippen LogP contribution in [-0.2, 0) is 9.59 Å². The van der Waals surface area contributed by atoms with Crippen LogP contribution in [0.3, 0.4) is 0 Å². The van der Waals surface area contributed by atoms with Gasteiger partial charge in [-0.25, -0.2) is 0 Å². The summed E-state index contributed by atoms with van der Waals surface area (Å²) >= 11 is 12.0. The largest absolute Gasteiger partial charge is 0.489 e. The summed E-state index contributed by atoms with van der Waals surface area (Å²) in [5, 5.41) is 16.2. The van der Waals surface area contributed by atoms with Gasteiger partial charge in [-0.1, -0.05) is 29.3 Å². The number of amides is 2. The van der Waals surface area contributed by atoms with Crippen molar-refractivity contribution in [3.63, 3.8) is 0 Å². The van der Waals surface area contributed by atoms with Gasteiger partial charge in [-0.3, -0.25) is 9.59 Å². The molecule has 4 aliphatic rings. The summed E-state index contributed by atoms with van der Waals surface area (Å²) in [4.78, 5) is 25.0. The van der Waals surface area contributed by atoms with E-state index >= 15 is 0 Å². The first-order chi connectivity index (χ1) is 14.3. The molecule has 4 bridgehead atoms. The number of ether oxygens (including phenoxy) is 1. The quantitative estimate of drug-likeness (QED) is 0.562. The highest BCUT2D eigenvalue weighted by Crippen LogP contribution is 2.60. The van der Waals surface area contributed by atoms with Crippen LogP contribution in [0.4, 0.5) is 0 Å². The molecule has 5 rings (SSSR count). The highest BCUT2D eigenvalue weighted by atomic mass is 35.5. The minimum Gasteiger partial charge on any atom is -0.489 e. The lowest BCUT2D eigenvalue weighted by Gasteiger charge is -2.55. The molecule has 4 aliphatic carbocycles. The molecule has 4 fully saturated rings. The first-order valence-corrected chi connectivity index (χ1v) is 11.4. The van der Waals surface area contributed by atoms with E-state index in [0.29, 0.717) is 28.5 Å². The fourth-order valence-electron chi connectivity index (χ4n) is 5.87. The van der Waals surface area contributed by atoms with Crippen LogP contribution in [0, 0.1) is 23.2 Å². The van der Waals surface area contributed by atoms with Crippen LogP contribution in [0.1, 0.15) is 38.5 Å². The van der Waals surface area contributed by atoms with Crippen molar-refractivity contribution in [2.24, 2.45) is 23.2 Å². The lowest BCUT2D eigenvalue weighted by atomic mass is 9.49. The smallest absolute Gasteiger partial charge is 0.239 e. The average molecular weight is 455 g/mol. The van der Waals surface area contributed by atoms with Crippen LogP contribution in [0.5, 0.6) is 5.75 Å². The second kappa shape index (κ2) is 8.93. The van der Waals surface area contributed by atoms with Gasteiger partial charge in [0.05, 0.1) is 11.6 Å². The molecular formula is C22H28Cl2N2O4. The number of hydrogen-bond acceptors (Lipinski definition) is 4. The first-order valence-electron chi connectivity index (χ1n) is 10.6. The number of halogens is 2. The number of benzene rings is 1. The van der Waals surface area contributed by atoms with Crippen molar-refractivity contribution in [2.75, 3.05) is 19.7 Å². The SMILES string of the molecule is O=C(CNC(=O)C12CC3CC(CC(C3)C1)C2)NCC(O)COc1cccc(Cl)c1Cl. The summed E-state index contributed by atoms with van der Waals surface area (Å²) in [6.45, 7) is -0.0987. The fourth-order valence-corrected chi connectivity index (χ4v) is 6.22. The summed E-state index contributed by atoms with van der Waals surface area (Å²) < 4.78 is 5.46. The van der Waals surface area contributed by atoms with E-state index in [4.69, 9.17) is 27.9 Å². The van der Waals surface area contributed by atoms with Crippen molar-refractivity contribution in [1.29, 1.82) is 0 Å². The van der Waals surface area contributed by atoms with Crippen molar-refractivity contribution in [3.05, 3.63) is 28.2 Å². The van der Waals surface area contributed by atoms with E-state index in [2.05, 4.69) is 10.6 Å². The zero-order valence-corrected chi connectivity index (χ0v) is 18.3. The maximum Gasteiger partial charge on any atom is 0.239 e. The normalized spacial score (nSPS) is 30.0. The van der Waals surface area contributed by atoms with E-state index in [0.717, 1.165) is 19.3 Å². The molecule has 0 saturated heterocycles. The number of rotatable bonds is 8. The molecule has 164 valence electrons. The summed E-state index contributed by atoms with van der Waals surface area (Å²) in [5.74, 6) is 2.11. The second-order valence-electron chi connectivity index (χ2n) is 9.20. The van der Waals surface area contributed by atoms with Gasteiger partial charge in [-0.2, -0.15) is 0 Å². The number of aliphatic hydroxyl groups is 1. The molecule has 1 atom stereocenters. The second-order valence-corrected chi connectivity index (χ2v) is 9.99. The van der Waals surface area contributed by atoms with Gasteiger partial charge in [0.2, 0.25) is 11.8 Å². The van der Waals surface area contributed by atoms with Crippen LogP contribution in [0.2, 0.25) is 10.0 Å². The van der Waals surface area contributed by atoms with Gasteiger partial charge in [0.15, 0.2) is 0 Å². The molecule has 6 nitrogen and oxygen atoms in total. The third kappa shape index (κ3) is 4.71. The number of nitrogens with one attached hydrogen (secondary N) is 2. The molecule has 1 aromatic rings. The molecule has 0 heterocycles. The number of aliphatic hydroxyl groups excluding tert-OH is 1. The summed E-state index contributed by atoms with van der Waals surface area (Å²) in [7, 11) is 0. The first kappa shape index (κ1) is 21.7. The van der Waals surface area contributed by atoms with Gasteiger partial charge in [-0.05, 0) is 68.4 Å². The highest BCUT2D eigenvalue weighted by molar-refractivity contribution is 6.42. The van der Waals surface area contributed by atoms with Gasteiger partial charge in [-0.15, -0.1) is 0 Å². The van der Waals surface area contributed by atoms with E-state index in [1.165, 1.54) is 19.3 Å². The summed E-state index contributed by atoms with van der Waals surface area (Å²) in [5.41, 5.74) is -0.265. The monoisotopic (exact) mass is 454 g/mol. The van der Waals surface area contributed by atoms with Crippen LogP contribution >= 0.6 is 23.2 Å². The Kier molecular flexibility index (Phi) is 6.47. The Morgan fingerprint density at radius 1 is 1.10 bits per heavy atom. The lowest BCUT2D eigenvalue weighted by Crippen LogP contribution is -2.54. The predicted octanol–water partition coefficient (Wildman–Crippen LogP) is 3.18. The van der Waals surface area contributed by atoms with Crippen molar-refractivity contribution in [2.45, 2.75) is 44.6 Å². The zero-order valence-electron chi connectivity index (χ0n) is 16.8. The van der Waals surface area contributed by atoms with Crippen LogP contribution in [0.25, 0.3) is 0 Å². The summed E-state index contributed by atoms with van der Waals surface area (Å²) in [6, 6.07) is 4.99. The molecule has 8 heteroatoms. The average Bonchev–Trinajstić information content (AvgIpc) is 2.70. The van der Waals surface area contributed by atoms with Crippen molar-refractivity contribution < 1.29 is 19.4 Å². The highest BCUT2D eigenvalue weighted by Gasteiger charge is 2.54. The Hall–Kier alpha value is -1.50. The molecule has 1 aromatic carbocycles. The lowest BCUT2D eigenvalue weighted by molar-refractivity contribution is -0.147. The molecule has 2 amide bonds. The minimum absolute atomic E-state index is 0.0181. The topological polar surface area (TPSA) is 87.7 Å². The van der Waals surface area contributed by atoms with Crippen LogP contribution in [0.15, 0.2) is 18.2 Å². The van der Waals surface area contributed by atoms with Crippen LogP contribution < -0.4 is 15.4 Å². The van der Waals surface area contributed by atoms with E-state index in [-0.39, 0.29) is 41.9 Å². The Balaban J connectivity index is 1.18. The van der Waals surface area contributed by atoms with Crippen molar-refractivity contribution in [1.82, 2.24) is 10.6 Å². The Morgan fingerprint density at radius 3 is 2.37 bits per heavy atom. The van der Waals surface area contributed by atoms with E-state index in [1.54, 1.807) is 18.2 Å². The molecule has 0 radical (unpaired) electrons. The number of hydrogen-bond donors (Lipinski definition) is 3. The fraction of sp³-hybridized carbons (Fsp3) is 0.636. The minimum atomic E-state index is -0.914. The molecule has 0 aromatic heterocycles. The molecule has 0 spiro atoms. The number of carbonyl (C=O) groups excluding carboxylic acids is 2.